The molecule has 0 radical (unpaired) electrons. The molecule has 0 aliphatic heterocycles. The third-order valence-corrected chi connectivity index (χ3v) is 3.56. The highest BCUT2D eigenvalue weighted by Crippen LogP contribution is 2.29. The molecule has 1 aromatic heterocycles. The number of nitrogens with zero attached hydrogens (tertiary/aromatic N) is 2. The summed E-state index contributed by atoms with van der Waals surface area (Å²) in [6.07, 6.45) is 6.07. The van der Waals surface area contributed by atoms with Crippen molar-refractivity contribution in [1.29, 1.82) is 0 Å². The highest BCUT2D eigenvalue weighted by atomic mass is 35.5. The zero-order valence-electron chi connectivity index (χ0n) is 12.1. The molecule has 5 nitrogen and oxygen atoms in total. The zero-order chi connectivity index (χ0) is 14.4. The van der Waals surface area contributed by atoms with Crippen molar-refractivity contribution >= 4 is 17.4 Å². The summed E-state index contributed by atoms with van der Waals surface area (Å²) in [4.78, 5) is 8.36. The number of rotatable bonds is 7. The minimum atomic E-state index is -0.453. The first-order chi connectivity index (χ1) is 9.74. The third kappa shape index (κ3) is 4.04. The fourth-order valence-corrected chi connectivity index (χ4v) is 2.58. The smallest absolute Gasteiger partial charge is 0.224 e. The normalized spacial score (nSPS) is 16.0. The van der Waals surface area contributed by atoms with E-state index in [0.29, 0.717) is 19.3 Å². The lowest BCUT2D eigenvalue weighted by molar-refractivity contribution is -0.140. The standard InChI is InChI=1S/C14H22ClN3O2/c1-3-19-13(20-4-2)11-9-16-14(15)18-12(11)17-10-7-5-6-8-10/h9-10,13H,3-8H2,1-2H3,(H,16,17,18). The van der Waals surface area contributed by atoms with Gasteiger partial charge in [-0.05, 0) is 38.3 Å². The van der Waals surface area contributed by atoms with Crippen LogP contribution >= 0.6 is 11.6 Å². The number of anilines is 1. The summed E-state index contributed by atoms with van der Waals surface area (Å²) in [7, 11) is 0. The Morgan fingerprint density at radius 3 is 2.55 bits per heavy atom. The first-order valence-corrected chi connectivity index (χ1v) is 7.64. The van der Waals surface area contributed by atoms with Crippen LogP contribution in [0.3, 0.4) is 0 Å². The molecule has 2 rings (SSSR count). The van der Waals surface area contributed by atoms with Gasteiger partial charge in [-0.3, -0.25) is 0 Å². The van der Waals surface area contributed by atoms with Crippen LogP contribution in [0.2, 0.25) is 5.28 Å². The minimum absolute atomic E-state index is 0.237. The van der Waals surface area contributed by atoms with Crippen LogP contribution in [0.1, 0.15) is 51.4 Å². The van der Waals surface area contributed by atoms with Crippen molar-refractivity contribution in [1.82, 2.24) is 9.97 Å². The lowest BCUT2D eigenvalue weighted by Crippen LogP contribution is -2.20. The SMILES string of the molecule is CCOC(OCC)c1cnc(Cl)nc1NC1CCCC1. The number of hydrogen-bond acceptors (Lipinski definition) is 5. The highest BCUT2D eigenvalue weighted by Gasteiger charge is 2.22. The Kier molecular flexibility index (Phi) is 6.01. The van der Waals surface area contributed by atoms with Crippen LogP contribution in [-0.4, -0.2) is 29.2 Å². The molecular formula is C14H22ClN3O2. The Balaban J connectivity index is 2.20. The van der Waals surface area contributed by atoms with Crippen molar-refractivity contribution < 1.29 is 9.47 Å². The molecular weight excluding hydrogens is 278 g/mol. The second kappa shape index (κ2) is 7.76. The van der Waals surface area contributed by atoms with Crippen molar-refractivity contribution in [3.8, 4) is 0 Å². The molecule has 1 aromatic rings. The predicted molar refractivity (Wildman–Crippen MR) is 78.9 cm³/mol. The molecule has 20 heavy (non-hydrogen) atoms. The molecule has 1 aliphatic rings. The van der Waals surface area contributed by atoms with Gasteiger partial charge >= 0.3 is 0 Å². The number of ether oxygens (including phenoxy) is 2. The predicted octanol–water partition coefficient (Wildman–Crippen LogP) is 3.56. The number of nitrogens with one attached hydrogen (secondary N) is 1. The van der Waals surface area contributed by atoms with E-state index in [-0.39, 0.29) is 5.28 Å². The maximum Gasteiger partial charge on any atom is 0.224 e. The quantitative estimate of drug-likeness (QED) is 0.616. The van der Waals surface area contributed by atoms with E-state index in [1.807, 2.05) is 13.8 Å². The Bertz CT molecular complexity index is 419. The zero-order valence-corrected chi connectivity index (χ0v) is 12.8. The Hall–Kier alpha value is -0.910. The topological polar surface area (TPSA) is 56.3 Å². The van der Waals surface area contributed by atoms with Crippen LogP contribution in [0.25, 0.3) is 0 Å². The van der Waals surface area contributed by atoms with E-state index in [0.717, 1.165) is 24.2 Å². The molecule has 1 N–H and O–H groups in total. The van der Waals surface area contributed by atoms with Gasteiger partial charge in [0.15, 0.2) is 6.29 Å². The van der Waals surface area contributed by atoms with Gasteiger partial charge in [-0.1, -0.05) is 12.8 Å². The molecule has 0 unspecified atom stereocenters. The first-order valence-electron chi connectivity index (χ1n) is 7.26. The summed E-state index contributed by atoms with van der Waals surface area (Å²) >= 11 is 5.92. The molecule has 1 heterocycles. The van der Waals surface area contributed by atoms with E-state index in [4.69, 9.17) is 21.1 Å². The van der Waals surface area contributed by atoms with Crippen molar-refractivity contribution in [2.45, 2.75) is 51.9 Å². The summed E-state index contributed by atoms with van der Waals surface area (Å²) < 4.78 is 11.3. The molecule has 0 atom stereocenters. The molecule has 0 saturated heterocycles. The van der Waals surface area contributed by atoms with Gasteiger partial charge in [0.05, 0.1) is 5.56 Å². The number of hydrogen-bond donors (Lipinski definition) is 1. The molecule has 1 fully saturated rings. The monoisotopic (exact) mass is 299 g/mol. The maximum atomic E-state index is 5.92. The summed E-state index contributed by atoms with van der Waals surface area (Å²) in [6.45, 7) is 5.01. The molecule has 1 aliphatic carbocycles. The molecule has 0 aromatic carbocycles. The van der Waals surface area contributed by atoms with Crippen molar-refractivity contribution in [3.63, 3.8) is 0 Å². The number of aromatic nitrogens is 2. The van der Waals surface area contributed by atoms with E-state index < -0.39 is 6.29 Å². The number of halogens is 1. The summed E-state index contributed by atoms with van der Waals surface area (Å²) in [6, 6.07) is 0.448. The largest absolute Gasteiger partial charge is 0.367 e. The molecule has 1 saturated carbocycles. The molecule has 6 heteroatoms. The van der Waals surface area contributed by atoms with Gasteiger partial charge < -0.3 is 14.8 Å². The van der Waals surface area contributed by atoms with Crippen molar-refractivity contribution in [3.05, 3.63) is 17.0 Å². The highest BCUT2D eigenvalue weighted by molar-refractivity contribution is 6.28. The second-order valence-electron chi connectivity index (χ2n) is 4.81. The summed E-state index contributed by atoms with van der Waals surface area (Å²) in [5, 5.41) is 3.69. The Labute approximate surface area is 125 Å². The van der Waals surface area contributed by atoms with Gasteiger partial charge in [0.25, 0.3) is 0 Å². The van der Waals surface area contributed by atoms with Crippen LogP contribution in [0.5, 0.6) is 0 Å². The van der Waals surface area contributed by atoms with Gasteiger partial charge in [0.1, 0.15) is 5.82 Å². The fraction of sp³-hybridized carbons (Fsp3) is 0.714. The Morgan fingerprint density at radius 1 is 1.30 bits per heavy atom. The van der Waals surface area contributed by atoms with Crippen LogP contribution in [-0.2, 0) is 9.47 Å². The van der Waals surface area contributed by atoms with Gasteiger partial charge in [-0.15, -0.1) is 0 Å². The molecule has 0 spiro atoms. The van der Waals surface area contributed by atoms with Crippen molar-refractivity contribution in [2.75, 3.05) is 18.5 Å². The van der Waals surface area contributed by atoms with Gasteiger partial charge in [-0.25, -0.2) is 9.97 Å². The lowest BCUT2D eigenvalue weighted by Gasteiger charge is -2.21. The third-order valence-electron chi connectivity index (χ3n) is 3.37. The van der Waals surface area contributed by atoms with Gasteiger partial charge in [0.2, 0.25) is 5.28 Å². The molecule has 112 valence electrons. The first kappa shape index (κ1) is 15.5. The van der Waals surface area contributed by atoms with E-state index in [1.54, 1.807) is 6.20 Å². The van der Waals surface area contributed by atoms with Crippen molar-refractivity contribution in [2.24, 2.45) is 0 Å². The molecule has 0 amide bonds. The summed E-state index contributed by atoms with van der Waals surface area (Å²) in [5.74, 6) is 0.726. The minimum Gasteiger partial charge on any atom is -0.367 e. The van der Waals surface area contributed by atoms with Crippen LogP contribution in [0, 0.1) is 0 Å². The summed E-state index contributed by atoms with van der Waals surface area (Å²) in [5.41, 5.74) is 0.810. The van der Waals surface area contributed by atoms with E-state index in [1.165, 1.54) is 12.8 Å². The van der Waals surface area contributed by atoms with E-state index in [9.17, 15) is 0 Å². The molecule has 0 bridgehead atoms. The van der Waals surface area contributed by atoms with E-state index >= 15 is 0 Å². The lowest BCUT2D eigenvalue weighted by atomic mass is 10.2. The van der Waals surface area contributed by atoms with E-state index in [2.05, 4.69) is 15.3 Å². The average molecular weight is 300 g/mol. The average Bonchev–Trinajstić information content (AvgIpc) is 2.92. The van der Waals surface area contributed by atoms with Crippen LogP contribution in [0.4, 0.5) is 5.82 Å². The van der Waals surface area contributed by atoms with Crippen LogP contribution < -0.4 is 5.32 Å². The van der Waals surface area contributed by atoms with Gasteiger partial charge in [0, 0.05) is 25.5 Å². The second-order valence-corrected chi connectivity index (χ2v) is 5.15. The Morgan fingerprint density at radius 2 is 1.95 bits per heavy atom. The maximum absolute atomic E-state index is 5.92. The fourth-order valence-electron chi connectivity index (χ4n) is 2.45. The van der Waals surface area contributed by atoms with Crippen LogP contribution in [0.15, 0.2) is 6.20 Å². The van der Waals surface area contributed by atoms with Gasteiger partial charge in [-0.2, -0.15) is 0 Å².